The Bertz CT molecular complexity index is 2960. The van der Waals surface area contributed by atoms with Crippen LogP contribution in [0, 0.1) is 0 Å². The van der Waals surface area contributed by atoms with Gasteiger partial charge in [0.15, 0.2) is 0 Å². The second-order valence-corrected chi connectivity index (χ2v) is 12.1. The van der Waals surface area contributed by atoms with Gasteiger partial charge in [0, 0.05) is 38.2 Å². The molecule has 7 aromatic carbocycles. The second kappa shape index (κ2) is 10.2. The van der Waals surface area contributed by atoms with Crippen molar-refractivity contribution in [1.82, 2.24) is 19.1 Å². The maximum absolute atomic E-state index is 14.0. The van der Waals surface area contributed by atoms with Crippen LogP contribution < -0.4 is 5.56 Å². The van der Waals surface area contributed by atoms with Crippen molar-refractivity contribution in [3.8, 4) is 22.9 Å². The Hall–Kier alpha value is -6.59. The normalized spacial score (nSPS) is 11.8. The Morgan fingerprint density at radius 1 is 0.396 bits per heavy atom. The van der Waals surface area contributed by atoms with Crippen LogP contribution in [-0.4, -0.2) is 19.1 Å². The molecule has 10 rings (SSSR count). The van der Waals surface area contributed by atoms with Gasteiger partial charge in [-0.1, -0.05) is 115 Å². The predicted octanol–water partition coefficient (Wildman–Crippen LogP) is 10.0. The van der Waals surface area contributed by atoms with E-state index in [2.05, 4.69) is 83.4 Å². The topological polar surface area (TPSA) is 52.7 Å². The first-order valence-corrected chi connectivity index (χ1v) is 16.1. The maximum Gasteiger partial charge on any atom is 0.263 e. The Balaban J connectivity index is 1.34. The van der Waals surface area contributed by atoms with E-state index in [1.807, 2.05) is 83.4 Å². The molecule has 3 aromatic heterocycles. The van der Waals surface area contributed by atoms with E-state index in [0.29, 0.717) is 11.3 Å². The molecule has 10 aromatic rings. The molecular weight excluding hydrogens is 589 g/mol. The molecule has 0 spiro atoms. The van der Waals surface area contributed by atoms with Crippen LogP contribution in [-0.2, 0) is 0 Å². The lowest BCUT2D eigenvalue weighted by molar-refractivity contribution is 1.01. The van der Waals surface area contributed by atoms with Gasteiger partial charge < -0.3 is 0 Å². The molecule has 0 aliphatic carbocycles. The molecule has 224 valence electrons. The highest BCUT2D eigenvalue weighted by molar-refractivity contribution is 6.28. The summed E-state index contributed by atoms with van der Waals surface area (Å²) in [5.41, 5.74) is 6.61. The predicted molar refractivity (Wildman–Crippen MR) is 197 cm³/mol. The third kappa shape index (κ3) is 3.76. The lowest BCUT2D eigenvalue weighted by Gasteiger charge is -2.16. The average Bonchev–Trinajstić information content (AvgIpc) is 3.50. The average molecular weight is 615 g/mol. The molecule has 0 radical (unpaired) electrons. The van der Waals surface area contributed by atoms with E-state index in [9.17, 15) is 4.79 Å². The van der Waals surface area contributed by atoms with Crippen LogP contribution >= 0.6 is 0 Å². The van der Waals surface area contributed by atoms with E-state index in [0.717, 1.165) is 76.7 Å². The summed E-state index contributed by atoms with van der Waals surface area (Å²) in [6, 6.07) is 53.5. The third-order valence-corrected chi connectivity index (χ3v) is 9.54. The SMILES string of the molecule is O=c1c2ccccc2c2c3ccc4c(c3ccc2n1-c1ccccc1)c1ccccc1n4-c1nc(-c2ccccc2)c2ccccc2n1. The van der Waals surface area contributed by atoms with Crippen LogP contribution in [0.2, 0.25) is 0 Å². The van der Waals surface area contributed by atoms with Crippen molar-refractivity contribution in [2.45, 2.75) is 0 Å². The molecule has 0 amide bonds. The van der Waals surface area contributed by atoms with E-state index in [4.69, 9.17) is 9.97 Å². The van der Waals surface area contributed by atoms with Gasteiger partial charge in [0.1, 0.15) is 0 Å². The van der Waals surface area contributed by atoms with Crippen LogP contribution in [0.15, 0.2) is 163 Å². The smallest absolute Gasteiger partial charge is 0.263 e. The van der Waals surface area contributed by atoms with Gasteiger partial charge in [0.05, 0.1) is 27.8 Å². The van der Waals surface area contributed by atoms with Gasteiger partial charge in [-0.05, 0) is 58.6 Å². The van der Waals surface area contributed by atoms with Gasteiger partial charge in [-0.25, -0.2) is 9.97 Å². The lowest BCUT2D eigenvalue weighted by Crippen LogP contribution is -2.19. The number of hydrogen-bond acceptors (Lipinski definition) is 3. The molecule has 0 aliphatic heterocycles. The van der Waals surface area contributed by atoms with E-state index in [1.54, 1.807) is 0 Å². The summed E-state index contributed by atoms with van der Waals surface area (Å²) in [7, 11) is 0. The number of pyridine rings is 1. The summed E-state index contributed by atoms with van der Waals surface area (Å²) in [6.45, 7) is 0. The molecule has 5 nitrogen and oxygen atoms in total. The Morgan fingerprint density at radius 3 is 1.69 bits per heavy atom. The minimum Gasteiger partial charge on any atom is -0.278 e. The highest BCUT2D eigenvalue weighted by Gasteiger charge is 2.21. The number of benzene rings is 7. The Kier molecular flexibility index (Phi) is 5.66. The second-order valence-electron chi connectivity index (χ2n) is 12.1. The van der Waals surface area contributed by atoms with Gasteiger partial charge in [-0.15, -0.1) is 0 Å². The van der Waals surface area contributed by atoms with E-state index in [-0.39, 0.29) is 5.56 Å². The van der Waals surface area contributed by atoms with Crippen molar-refractivity contribution in [2.75, 3.05) is 0 Å². The first kappa shape index (κ1) is 26.6. The number of hydrogen-bond donors (Lipinski definition) is 0. The molecule has 0 aliphatic rings. The molecule has 3 heterocycles. The molecule has 5 heteroatoms. The Morgan fingerprint density at radius 2 is 0.938 bits per heavy atom. The number of para-hydroxylation sites is 3. The van der Waals surface area contributed by atoms with E-state index < -0.39 is 0 Å². The number of fused-ring (bicyclic) bond motifs is 10. The van der Waals surface area contributed by atoms with Gasteiger partial charge in [0.25, 0.3) is 5.56 Å². The molecule has 0 unspecified atom stereocenters. The fourth-order valence-corrected chi connectivity index (χ4v) is 7.48. The van der Waals surface area contributed by atoms with Crippen molar-refractivity contribution < 1.29 is 0 Å². The zero-order valence-corrected chi connectivity index (χ0v) is 25.7. The molecule has 0 N–H and O–H groups in total. The summed E-state index contributed by atoms with van der Waals surface area (Å²) < 4.78 is 4.04. The zero-order chi connectivity index (χ0) is 31.8. The summed E-state index contributed by atoms with van der Waals surface area (Å²) in [5.74, 6) is 0.627. The molecule has 48 heavy (non-hydrogen) atoms. The van der Waals surface area contributed by atoms with Crippen LogP contribution in [0.4, 0.5) is 0 Å². The van der Waals surface area contributed by atoms with Crippen LogP contribution in [0.1, 0.15) is 0 Å². The molecule has 0 bridgehead atoms. The lowest BCUT2D eigenvalue weighted by atomic mass is 9.96. The molecular formula is C43H26N4O. The van der Waals surface area contributed by atoms with Crippen molar-refractivity contribution in [3.05, 3.63) is 168 Å². The van der Waals surface area contributed by atoms with Crippen molar-refractivity contribution in [2.24, 2.45) is 0 Å². The first-order chi connectivity index (χ1) is 23.8. The van der Waals surface area contributed by atoms with Crippen LogP contribution in [0.25, 0.3) is 88.0 Å². The number of aromatic nitrogens is 4. The van der Waals surface area contributed by atoms with E-state index in [1.165, 1.54) is 0 Å². The quantitative estimate of drug-likeness (QED) is 0.186. The summed E-state index contributed by atoms with van der Waals surface area (Å²) in [6.07, 6.45) is 0. The van der Waals surface area contributed by atoms with Crippen LogP contribution in [0.5, 0.6) is 0 Å². The monoisotopic (exact) mass is 614 g/mol. The maximum atomic E-state index is 14.0. The first-order valence-electron chi connectivity index (χ1n) is 16.1. The zero-order valence-electron chi connectivity index (χ0n) is 25.7. The van der Waals surface area contributed by atoms with Gasteiger partial charge in [-0.3, -0.25) is 13.9 Å². The summed E-state index contributed by atoms with van der Waals surface area (Å²) in [5, 5.41) is 8.17. The molecule has 0 fully saturated rings. The fraction of sp³-hybridized carbons (Fsp3) is 0. The van der Waals surface area contributed by atoms with Crippen LogP contribution in [0.3, 0.4) is 0 Å². The number of nitrogens with zero attached hydrogens (tertiary/aromatic N) is 4. The van der Waals surface area contributed by atoms with Gasteiger partial charge in [-0.2, -0.15) is 0 Å². The minimum atomic E-state index is -0.0241. The summed E-state index contributed by atoms with van der Waals surface area (Å²) in [4.78, 5) is 24.4. The molecule has 0 saturated carbocycles. The third-order valence-electron chi connectivity index (χ3n) is 9.54. The highest BCUT2D eigenvalue weighted by Crippen LogP contribution is 2.40. The summed E-state index contributed by atoms with van der Waals surface area (Å²) >= 11 is 0. The van der Waals surface area contributed by atoms with Gasteiger partial charge in [0.2, 0.25) is 5.95 Å². The van der Waals surface area contributed by atoms with Gasteiger partial charge >= 0.3 is 0 Å². The largest absolute Gasteiger partial charge is 0.278 e. The standard InChI is InChI=1S/C43H26N4O/c48-42-32-18-8-7-17-29(32)39-30-24-26-38-40(31(30)23-25-37(39)46(42)28-15-5-2-6-16-28)34-20-10-12-22-36(34)47(38)43-44-35-21-11-9-19-33(35)41(45-43)27-13-3-1-4-14-27/h1-26H. The van der Waals surface area contributed by atoms with E-state index >= 15 is 0 Å². The highest BCUT2D eigenvalue weighted by atomic mass is 16.1. The molecule has 0 atom stereocenters. The number of rotatable bonds is 3. The Labute approximate surface area is 274 Å². The van der Waals surface area contributed by atoms with Crippen molar-refractivity contribution in [1.29, 1.82) is 0 Å². The minimum absolute atomic E-state index is 0.0241. The van der Waals surface area contributed by atoms with Crippen molar-refractivity contribution >= 4 is 65.2 Å². The molecule has 0 saturated heterocycles. The van der Waals surface area contributed by atoms with Crippen molar-refractivity contribution in [3.63, 3.8) is 0 Å². The fourth-order valence-electron chi connectivity index (χ4n) is 7.48.